The number of hydrogen-bond acceptors (Lipinski definition) is 6. The van der Waals surface area contributed by atoms with Gasteiger partial charge in [0, 0.05) is 38.1 Å². The fourth-order valence-corrected chi connectivity index (χ4v) is 3.62. The normalized spacial score (nSPS) is 15.3. The quantitative estimate of drug-likeness (QED) is 0.722. The molecule has 7 heteroatoms. The number of rotatable bonds is 6. The molecule has 142 valence electrons. The predicted octanol–water partition coefficient (Wildman–Crippen LogP) is 2.39. The molecule has 0 bridgehead atoms. The largest absolute Gasteiger partial charge is 0.379 e. The minimum Gasteiger partial charge on any atom is -0.379 e. The topological polar surface area (TPSA) is 68.1 Å². The third-order valence-corrected chi connectivity index (χ3v) is 5.31. The Hall–Kier alpha value is -2.51. The van der Waals surface area contributed by atoms with Gasteiger partial charge in [-0.25, -0.2) is 9.97 Å². The van der Waals surface area contributed by atoms with Crippen LogP contribution >= 0.6 is 0 Å². The van der Waals surface area contributed by atoms with E-state index in [1.54, 1.807) is 6.33 Å². The molecule has 4 rings (SSSR count). The lowest BCUT2D eigenvalue weighted by Gasteiger charge is -2.26. The van der Waals surface area contributed by atoms with Crippen LogP contribution < -0.4 is 5.32 Å². The van der Waals surface area contributed by atoms with Crippen LogP contribution in [-0.2, 0) is 17.8 Å². The molecule has 0 radical (unpaired) electrons. The van der Waals surface area contributed by atoms with Gasteiger partial charge in [0.1, 0.15) is 17.8 Å². The number of anilines is 1. The van der Waals surface area contributed by atoms with Gasteiger partial charge >= 0.3 is 0 Å². The van der Waals surface area contributed by atoms with E-state index in [4.69, 9.17) is 4.74 Å². The Kier molecular flexibility index (Phi) is 5.31. The molecule has 4 heterocycles. The van der Waals surface area contributed by atoms with Crippen LogP contribution in [0.25, 0.3) is 11.0 Å². The lowest BCUT2D eigenvalue weighted by molar-refractivity contribution is 0.0364. The van der Waals surface area contributed by atoms with Crippen molar-refractivity contribution in [3.63, 3.8) is 0 Å². The summed E-state index contributed by atoms with van der Waals surface area (Å²) in [5.74, 6) is 0.872. The highest BCUT2D eigenvalue weighted by atomic mass is 16.5. The summed E-state index contributed by atoms with van der Waals surface area (Å²) < 4.78 is 7.76. The SMILES string of the molecule is Cc1c(C)n(CCN2CCOCC2)c2ncnc(NCc3ccccn3)c12. The van der Waals surface area contributed by atoms with Crippen molar-refractivity contribution in [3.8, 4) is 0 Å². The second-order valence-corrected chi connectivity index (χ2v) is 6.91. The van der Waals surface area contributed by atoms with Gasteiger partial charge in [0.25, 0.3) is 0 Å². The lowest BCUT2D eigenvalue weighted by Crippen LogP contribution is -2.38. The maximum absolute atomic E-state index is 5.45. The molecular weight excluding hydrogens is 340 g/mol. The van der Waals surface area contributed by atoms with Crippen molar-refractivity contribution in [2.45, 2.75) is 26.9 Å². The van der Waals surface area contributed by atoms with Gasteiger partial charge in [-0.15, -0.1) is 0 Å². The third-order valence-electron chi connectivity index (χ3n) is 5.31. The maximum Gasteiger partial charge on any atom is 0.145 e. The number of nitrogens with zero attached hydrogens (tertiary/aromatic N) is 5. The van der Waals surface area contributed by atoms with Gasteiger partial charge in [0.05, 0.1) is 30.8 Å². The third kappa shape index (κ3) is 3.79. The smallest absolute Gasteiger partial charge is 0.145 e. The average molecular weight is 366 g/mol. The Morgan fingerprint density at radius 1 is 1.07 bits per heavy atom. The number of fused-ring (bicyclic) bond motifs is 1. The average Bonchev–Trinajstić information content (AvgIpc) is 2.97. The molecule has 0 saturated carbocycles. The van der Waals surface area contributed by atoms with E-state index < -0.39 is 0 Å². The van der Waals surface area contributed by atoms with E-state index >= 15 is 0 Å². The molecule has 0 amide bonds. The molecule has 3 aromatic heterocycles. The van der Waals surface area contributed by atoms with Crippen LogP contribution in [0.4, 0.5) is 5.82 Å². The molecule has 1 aliphatic heterocycles. The summed E-state index contributed by atoms with van der Waals surface area (Å²) >= 11 is 0. The van der Waals surface area contributed by atoms with Gasteiger partial charge in [-0.1, -0.05) is 6.07 Å². The van der Waals surface area contributed by atoms with Crippen molar-refractivity contribution in [2.75, 3.05) is 38.2 Å². The summed E-state index contributed by atoms with van der Waals surface area (Å²) in [6.07, 6.45) is 3.46. The number of morpholine rings is 1. The molecule has 1 N–H and O–H groups in total. The summed E-state index contributed by atoms with van der Waals surface area (Å²) in [4.78, 5) is 15.9. The van der Waals surface area contributed by atoms with Gasteiger partial charge in [-0.2, -0.15) is 0 Å². The molecule has 3 aromatic rings. The van der Waals surface area contributed by atoms with Crippen molar-refractivity contribution in [3.05, 3.63) is 47.7 Å². The summed E-state index contributed by atoms with van der Waals surface area (Å²) in [5.41, 5.74) is 4.47. The summed E-state index contributed by atoms with van der Waals surface area (Å²) in [5, 5.41) is 4.54. The van der Waals surface area contributed by atoms with Crippen molar-refractivity contribution in [1.82, 2.24) is 24.4 Å². The molecule has 27 heavy (non-hydrogen) atoms. The molecule has 0 aromatic carbocycles. The minimum atomic E-state index is 0.643. The second kappa shape index (κ2) is 8.02. The van der Waals surface area contributed by atoms with Crippen LogP contribution in [0, 0.1) is 13.8 Å². The zero-order valence-corrected chi connectivity index (χ0v) is 16.0. The van der Waals surface area contributed by atoms with E-state index in [2.05, 4.69) is 43.6 Å². The van der Waals surface area contributed by atoms with Crippen LogP contribution in [-0.4, -0.2) is 57.3 Å². The van der Waals surface area contributed by atoms with Gasteiger partial charge in [0.2, 0.25) is 0 Å². The number of nitrogens with one attached hydrogen (secondary N) is 1. The Morgan fingerprint density at radius 2 is 1.93 bits per heavy atom. The molecule has 0 atom stereocenters. The van der Waals surface area contributed by atoms with Crippen LogP contribution in [0.3, 0.4) is 0 Å². The van der Waals surface area contributed by atoms with Crippen LogP contribution in [0.1, 0.15) is 17.0 Å². The fourth-order valence-electron chi connectivity index (χ4n) is 3.62. The highest BCUT2D eigenvalue weighted by molar-refractivity contribution is 5.91. The first-order valence-electron chi connectivity index (χ1n) is 9.48. The molecule has 1 aliphatic rings. The number of pyridine rings is 1. The van der Waals surface area contributed by atoms with Gasteiger partial charge < -0.3 is 14.6 Å². The maximum atomic E-state index is 5.45. The van der Waals surface area contributed by atoms with Crippen LogP contribution in [0.5, 0.6) is 0 Å². The van der Waals surface area contributed by atoms with Crippen molar-refractivity contribution in [1.29, 1.82) is 0 Å². The number of aromatic nitrogens is 4. The highest BCUT2D eigenvalue weighted by Gasteiger charge is 2.18. The zero-order chi connectivity index (χ0) is 18.6. The van der Waals surface area contributed by atoms with Crippen molar-refractivity contribution in [2.24, 2.45) is 0 Å². The molecular formula is C20H26N6O. The van der Waals surface area contributed by atoms with Gasteiger partial charge in [-0.3, -0.25) is 9.88 Å². The minimum absolute atomic E-state index is 0.643. The Bertz CT molecular complexity index is 902. The highest BCUT2D eigenvalue weighted by Crippen LogP contribution is 2.28. The fraction of sp³-hybridized carbons (Fsp3) is 0.450. The van der Waals surface area contributed by atoms with E-state index in [1.165, 1.54) is 11.3 Å². The molecule has 0 aliphatic carbocycles. The number of hydrogen-bond donors (Lipinski definition) is 1. The van der Waals surface area contributed by atoms with E-state index in [0.717, 1.165) is 61.9 Å². The summed E-state index contributed by atoms with van der Waals surface area (Å²) in [7, 11) is 0. The molecule has 7 nitrogen and oxygen atoms in total. The Labute approximate surface area is 159 Å². The number of aryl methyl sites for hydroxylation is 1. The van der Waals surface area contributed by atoms with Crippen molar-refractivity contribution < 1.29 is 4.74 Å². The van der Waals surface area contributed by atoms with E-state index in [9.17, 15) is 0 Å². The van der Waals surface area contributed by atoms with Crippen LogP contribution in [0.15, 0.2) is 30.7 Å². The summed E-state index contributed by atoms with van der Waals surface area (Å²) in [6.45, 7) is 10.6. The zero-order valence-electron chi connectivity index (χ0n) is 16.0. The predicted molar refractivity (Wildman–Crippen MR) is 106 cm³/mol. The monoisotopic (exact) mass is 366 g/mol. The van der Waals surface area contributed by atoms with E-state index in [0.29, 0.717) is 6.54 Å². The van der Waals surface area contributed by atoms with E-state index in [1.807, 2.05) is 24.4 Å². The lowest BCUT2D eigenvalue weighted by atomic mass is 10.2. The Balaban J connectivity index is 1.57. The molecule has 0 spiro atoms. The first kappa shape index (κ1) is 17.9. The molecule has 0 unspecified atom stereocenters. The second-order valence-electron chi connectivity index (χ2n) is 6.91. The van der Waals surface area contributed by atoms with Gasteiger partial charge in [-0.05, 0) is 31.5 Å². The molecule has 1 fully saturated rings. The first-order chi connectivity index (χ1) is 13.2. The standard InChI is InChI=1S/C20H26N6O/c1-15-16(2)26(8-7-25-9-11-27-12-10-25)20-18(15)19(23-14-24-20)22-13-17-5-3-4-6-21-17/h3-6,14H,7-13H2,1-2H3,(H,22,23,24). The Morgan fingerprint density at radius 3 is 2.70 bits per heavy atom. The summed E-state index contributed by atoms with van der Waals surface area (Å²) in [6, 6.07) is 5.93. The van der Waals surface area contributed by atoms with Crippen LogP contribution in [0.2, 0.25) is 0 Å². The van der Waals surface area contributed by atoms with Gasteiger partial charge in [0.15, 0.2) is 0 Å². The number of ether oxygens (including phenoxy) is 1. The van der Waals surface area contributed by atoms with Crippen molar-refractivity contribution >= 4 is 16.9 Å². The van der Waals surface area contributed by atoms with E-state index in [-0.39, 0.29) is 0 Å². The first-order valence-corrected chi connectivity index (χ1v) is 9.48. The molecule has 1 saturated heterocycles.